The number of anilines is 1. The van der Waals surface area contributed by atoms with Gasteiger partial charge in [-0.2, -0.15) is 0 Å². The highest BCUT2D eigenvalue weighted by atomic mass is 19.1. The van der Waals surface area contributed by atoms with Gasteiger partial charge in [-0.1, -0.05) is 6.07 Å². The minimum absolute atomic E-state index is 0.000117. The predicted octanol–water partition coefficient (Wildman–Crippen LogP) is 1.67. The van der Waals surface area contributed by atoms with Gasteiger partial charge in [0.15, 0.2) is 0 Å². The zero-order valence-corrected chi connectivity index (χ0v) is 11.7. The summed E-state index contributed by atoms with van der Waals surface area (Å²) >= 11 is 0. The van der Waals surface area contributed by atoms with Crippen molar-refractivity contribution in [3.63, 3.8) is 0 Å². The lowest BCUT2D eigenvalue weighted by Crippen LogP contribution is -2.38. The summed E-state index contributed by atoms with van der Waals surface area (Å²) in [6.07, 6.45) is 1.92. The van der Waals surface area contributed by atoms with Crippen molar-refractivity contribution in [3.8, 4) is 0 Å². The Bertz CT molecular complexity index is 471. The molecule has 1 fully saturated rings. The molecular formula is C15H21FN2O2. The van der Waals surface area contributed by atoms with Crippen LogP contribution in [-0.4, -0.2) is 30.6 Å². The average molecular weight is 280 g/mol. The molecule has 0 saturated carbocycles. The third kappa shape index (κ3) is 3.48. The fraction of sp³-hybridized carbons (Fsp3) is 0.533. The van der Waals surface area contributed by atoms with Gasteiger partial charge in [0, 0.05) is 37.8 Å². The minimum Gasteiger partial charge on any atom is -0.391 e. The summed E-state index contributed by atoms with van der Waals surface area (Å²) in [6.45, 7) is 3.59. The summed E-state index contributed by atoms with van der Waals surface area (Å²) in [5.74, 6) is 0.117. The molecule has 1 aliphatic rings. The summed E-state index contributed by atoms with van der Waals surface area (Å²) < 4.78 is 13.7. The van der Waals surface area contributed by atoms with Crippen molar-refractivity contribution in [1.82, 2.24) is 5.32 Å². The molecule has 1 aliphatic heterocycles. The summed E-state index contributed by atoms with van der Waals surface area (Å²) in [4.78, 5) is 13.0. The van der Waals surface area contributed by atoms with Crippen molar-refractivity contribution in [2.75, 3.05) is 24.5 Å². The molecule has 0 unspecified atom stereocenters. The van der Waals surface area contributed by atoms with Crippen LogP contribution in [-0.2, 0) is 11.4 Å². The van der Waals surface area contributed by atoms with Crippen molar-refractivity contribution >= 4 is 11.6 Å². The number of aliphatic hydroxyl groups is 1. The van der Waals surface area contributed by atoms with Crippen LogP contribution in [0.4, 0.5) is 10.1 Å². The molecule has 1 heterocycles. The Morgan fingerprint density at radius 1 is 1.45 bits per heavy atom. The third-order valence-electron chi connectivity index (χ3n) is 3.85. The molecule has 0 spiro atoms. The van der Waals surface area contributed by atoms with E-state index >= 15 is 0 Å². The monoisotopic (exact) mass is 280 g/mol. The van der Waals surface area contributed by atoms with E-state index in [9.17, 15) is 14.3 Å². The Kier molecular flexibility index (Phi) is 4.95. The highest BCUT2D eigenvalue weighted by Crippen LogP contribution is 2.27. The summed E-state index contributed by atoms with van der Waals surface area (Å²) in [5, 5.41) is 12.2. The number of carbonyl (C=O) groups excluding carboxylic acids is 1. The number of benzene rings is 1. The molecule has 110 valence electrons. The van der Waals surface area contributed by atoms with Gasteiger partial charge >= 0.3 is 0 Å². The molecule has 20 heavy (non-hydrogen) atoms. The fourth-order valence-corrected chi connectivity index (χ4v) is 2.67. The maximum Gasteiger partial charge on any atom is 0.216 e. The van der Waals surface area contributed by atoms with Crippen LogP contribution in [0.5, 0.6) is 0 Å². The molecule has 0 atom stereocenters. The summed E-state index contributed by atoms with van der Waals surface area (Å²) in [5.41, 5.74) is 1.15. The summed E-state index contributed by atoms with van der Waals surface area (Å²) in [6, 6.07) is 4.90. The molecule has 0 aliphatic carbocycles. The van der Waals surface area contributed by atoms with E-state index < -0.39 is 0 Å². The fourth-order valence-electron chi connectivity index (χ4n) is 2.67. The number of nitrogens with zero attached hydrogens (tertiary/aromatic N) is 1. The lowest BCUT2D eigenvalue weighted by molar-refractivity contribution is -0.119. The molecule has 1 aromatic carbocycles. The predicted molar refractivity (Wildman–Crippen MR) is 75.9 cm³/mol. The molecule has 2 rings (SSSR count). The van der Waals surface area contributed by atoms with E-state index in [4.69, 9.17) is 0 Å². The topological polar surface area (TPSA) is 52.6 Å². The van der Waals surface area contributed by atoms with Crippen molar-refractivity contribution in [3.05, 3.63) is 29.6 Å². The largest absolute Gasteiger partial charge is 0.391 e. The van der Waals surface area contributed by atoms with Crippen molar-refractivity contribution in [2.45, 2.75) is 26.4 Å². The Morgan fingerprint density at radius 3 is 2.75 bits per heavy atom. The molecule has 5 heteroatoms. The lowest BCUT2D eigenvalue weighted by Gasteiger charge is -2.34. The Labute approximate surface area is 118 Å². The highest BCUT2D eigenvalue weighted by molar-refractivity contribution is 5.72. The van der Waals surface area contributed by atoms with Gasteiger partial charge in [0.25, 0.3) is 0 Å². The second kappa shape index (κ2) is 6.70. The van der Waals surface area contributed by atoms with Crippen LogP contribution in [0, 0.1) is 11.7 Å². The SMILES string of the molecule is CC(=O)NCC1CCN(c2cccc(F)c2CO)CC1. The number of hydrogen-bond acceptors (Lipinski definition) is 3. The van der Waals surface area contributed by atoms with Gasteiger partial charge in [0.1, 0.15) is 5.82 Å². The highest BCUT2D eigenvalue weighted by Gasteiger charge is 2.22. The summed E-state index contributed by atoms with van der Waals surface area (Å²) in [7, 11) is 0. The molecule has 1 saturated heterocycles. The zero-order chi connectivity index (χ0) is 14.5. The minimum atomic E-state index is -0.356. The van der Waals surface area contributed by atoms with Crippen LogP contribution in [0.25, 0.3) is 0 Å². The molecule has 0 aromatic heterocycles. The number of piperidine rings is 1. The quantitative estimate of drug-likeness (QED) is 0.882. The van der Waals surface area contributed by atoms with Crippen molar-refractivity contribution < 1.29 is 14.3 Å². The van der Waals surface area contributed by atoms with E-state index in [0.717, 1.165) is 31.6 Å². The third-order valence-corrected chi connectivity index (χ3v) is 3.85. The van der Waals surface area contributed by atoms with Gasteiger partial charge < -0.3 is 15.3 Å². The van der Waals surface area contributed by atoms with E-state index in [0.29, 0.717) is 18.0 Å². The smallest absolute Gasteiger partial charge is 0.216 e. The normalized spacial score (nSPS) is 16.2. The number of hydrogen-bond donors (Lipinski definition) is 2. The molecular weight excluding hydrogens is 259 g/mol. The van der Waals surface area contributed by atoms with E-state index in [1.807, 2.05) is 6.07 Å². The number of halogens is 1. The van der Waals surface area contributed by atoms with Gasteiger partial charge in [-0.25, -0.2) is 4.39 Å². The number of rotatable bonds is 4. The number of aliphatic hydroxyl groups excluding tert-OH is 1. The van der Waals surface area contributed by atoms with E-state index in [1.165, 1.54) is 13.0 Å². The zero-order valence-electron chi connectivity index (χ0n) is 11.7. The van der Waals surface area contributed by atoms with Gasteiger partial charge in [-0.3, -0.25) is 4.79 Å². The first-order chi connectivity index (χ1) is 9.61. The number of carbonyl (C=O) groups is 1. The van der Waals surface area contributed by atoms with Crippen LogP contribution in [0.15, 0.2) is 18.2 Å². The molecule has 1 aromatic rings. The van der Waals surface area contributed by atoms with Gasteiger partial charge in [0.2, 0.25) is 5.91 Å². The second-order valence-corrected chi connectivity index (χ2v) is 5.26. The second-order valence-electron chi connectivity index (χ2n) is 5.26. The van der Waals surface area contributed by atoms with Gasteiger partial charge in [0.05, 0.1) is 6.61 Å². The molecule has 0 radical (unpaired) electrons. The first-order valence-corrected chi connectivity index (χ1v) is 6.99. The number of nitrogens with one attached hydrogen (secondary N) is 1. The maximum absolute atomic E-state index is 13.7. The number of amides is 1. The Hall–Kier alpha value is -1.62. The maximum atomic E-state index is 13.7. The lowest BCUT2D eigenvalue weighted by atomic mass is 9.95. The molecule has 2 N–H and O–H groups in total. The average Bonchev–Trinajstić information content (AvgIpc) is 2.45. The van der Waals surface area contributed by atoms with Crippen LogP contribution < -0.4 is 10.2 Å². The first-order valence-electron chi connectivity index (χ1n) is 6.99. The van der Waals surface area contributed by atoms with Crippen LogP contribution in [0.2, 0.25) is 0 Å². The van der Waals surface area contributed by atoms with Crippen LogP contribution in [0.3, 0.4) is 0 Å². The van der Waals surface area contributed by atoms with E-state index in [2.05, 4.69) is 10.2 Å². The molecule has 1 amide bonds. The van der Waals surface area contributed by atoms with Gasteiger partial charge in [-0.15, -0.1) is 0 Å². The van der Waals surface area contributed by atoms with Crippen molar-refractivity contribution in [2.24, 2.45) is 5.92 Å². The first kappa shape index (κ1) is 14.8. The van der Waals surface area contributed by atoms with Crippen molar-refractivity contribution in [1.29, 1.82) is 0 Å². The van der Waals surface area contributed by atoms with E-state index in [-0.39, 0.29) is 18.3 Å². The standard InChI is InChI=1S/C15H21FN2O2/c1-11(20)17-9-12-5-7-18(8-6-12)15-4-2-3-14(16)13(15)10-19/h2-4,12,19H,5-10H2,1H3,(H,17,20). The van der Waals surface area contributed by atoms with Crippen LogP contribution >= 0.6 is 0 Å². The van der Waals surface area contributed by atoms with Gasteiger partial charge in [-0.05, 0) is 30.9 Å². The molecule has 0 bridgehead atoms. The van der Waals surface area contributed by atoms with Crippen LogP contribution in [0.1, 0.15) is 25.3 Å². The Morgan fingerprint density at radius 2 is 2.15 bits per heavy atom. The molecule has 4 nitrogen and oxygen atoms in total. The Balaban J connectivity index is 1.97. The van der Waals surface area contributed by atoms with E-state index in [1.54, 1.807) is 6.07 Å².